The summed E-state index contributed by atoms with van der Waals surface area (Å²) in [4.78, 5) is 15.9. The van der Waals surface area contributed by atoms with Crippen molar-refractivity contribution in [2.45, 2.75) is 52.6 Å². The lowest BCUT2D eigenvalue weighted by Gasteiger charge is -2.20. The van der Waals surface area contributed by atoms with Gasteiger partial charge in [-0.3, -0.25) is 4.79 Å². The van der Waals surface area contributed by atoms with Gasteiger partial charge in [-0.05, 0) is 38.1 Å². The van der Waals surface area contributed by atoms with Crippen LogP contribution in [-0.4, -0.2) is 28.0 Å². The molecule has 0 aliphatic carbocycles. The summed E-state index contributed by atoms with van der Waals surface area (Å²) < 4.78 is 1.97. The highest BCUT2D eigenvalue weighted by atomic mass is 16.1. The average molecular weight is 280 g/mol. The first kappa shape index (κ1) is 16.7. The molecule has 0 aliphatic heterocycles. The third-order valence-corrected chi connectivity index (χ3v) is 3.67. The second-order valence-corrected chi connectivity index (χ2v) is 5.85. The van der Waals surface area contributed by atoms with Gasteiger partial charge in [0.2, 0.25) is 5.91 Å². The summed E-state index contributed by atoms with van der Waals surface area (Å²) in [6.07, 6.45) is 7.90. The van der Waals surface area contributed by atoms with Gasteiger partial charge in [0.15, 0.2) is 0 Å². The summed E-state index contributed by atoms with van der Waals surface area (Å²) in [5.74, 6) is 1.24. The number of carbonyl (C=O) groups excluding carboxylic acids is 1. The average Bonchev–Trinajstić information content (AvgIpc) is 2.86. The molecule has 2 atom stereocenters. The van der Waals surface area contributed by atoms with Crippen LogP contribution < -0.4 is 11.1 Å². The van der Waals surface area contributed by atoms with Crippen LogP contribution in [0.15, 0.2) is 18.7 Å². The fourth-order valence-corrected chi connectivity index (χ4v) is 2.45. The molecule has 0 saturated heterocycles. The Balaban J connectivity index is 2.28. The molecule has 114 valence electrons. The number of nitrogens with one attached hydrogen (secondary N) is 1. The van der Waals surface area contributed by atoms with E-state index in [1.54, 1.807) is 12.5 Å². The number of nitrogens with two attached hydrogens (primary N) is 1. The molecule has 0 bridgehead atoms. The van der Waals surface area contributed by atoms with E-state index in [4.69, 9.17) is 5.73 Å². The number of hydrogen-bond donors (Lipinski definition) is 2. The Kier molecular flexibility index (Phi) is 7.30. The molecule has 0 fully saturated rings. The van der Waals surface area contributed by atoms with Crippen LogP contribution in [0.3, 0.4) is 0 Å². The van der Waals surface area contributed by atoms with E-state index in [1.807, 2.05) is 17.7 Å². The number of hydrogen-bond acceptors (Lipinski definition) is 3. The van der Waals surface area contributed by atoms with Crippen molar-refractivity contribution in [1.29, 1.82) is 0 Å². The van der Waals surface area contributed by atoms with E-state index in [9.17, 15) is 4.79 Å². The van der Waals surface area contributed by atoms with Gasteiger partial charge >= 0.3 is 0 Å². The topological polar surface area (TPSA) is 72.9 Å². The Morgan fingerprint density at radius 3 is 2.65 bits per heavy atom. The van der Waals surface area contributed by atoms with Gasteiger partial charge < -0.3 is 15.6 Å². The molecule has 1 aromatic rings. The normalized spacial score (nSPS) is 14.2. The fraction of sp³-hybridized carbons (Fsp3) is 0.733. The van der Waals surface area contributed by atoms with Crippen molar-refractivity contribution < 1.29 is 4.79 Å². The predicted octanol–water partition coefficient (Wildman–Crippen LogP) is 1.79. The Morgan fingerprint density at radius 1 is 1.35 bits per heavy atom. The molecule has 0 spiro atoms. The van der Waals surface area contributed by atoms with Crippen LogP contribution in [0.1, 0.15) is 40.0 Å². The van der Waals surface area contributed by atoms with E-state index >= 15 is 0 Å². The van der Waals surface area contributed by atoms with E-state index in [0.717, 1.165) is 19.4 Å². The minimum absolute atomic E-state index is 0.115. The van der Waals surface area contributed by atoms with E-state index < -0.39 is 0 Å². The van der Waals surface area contributed by atoms with Crippen LogP contribution in [0.2, 0.25) is 0 Å². The van der Waals surface area contributed by atoms with Crippen molar-refractivity contribution in [2.24, 2.45) is 17.6 Å². The molecule has 2 unspecified atom stereocenters. The van der Waals surface area contributed by atoms with E-state index in [0.29, 0.717) is 24.8 Å². The van der Waals surface area contributed by atoms with Gasteiger partial charge in [-0.1, -0.05) is 13.8 Å². The summed E-state index contributed by atoms with van der Waals surface area (Å²) in [7, 11) is 0. The summed E-state index contributed by atoms with van der Waals surface area (Å²) in [6, 6.07) is 0.115. The number of amides is 1. The number of aromatic nitrogens is 2. The first-order valence-corrected chi connectivity index (χ1v) is 7.48. The zero-order chi connectivity index (χ0) is 15.0. The van der Waals surface area contributed by atoms with Crippen LogP contribution in [0.4, 0.5) is 0 Å². The zero-order valence-electron chi connectivity index (χ0n) is 12.9. The van der Waals surface area contributed by atoms with Gasteiger partial charge in [0.25, 0.3) is 0 Å². The Morgan fingerprint density at radius 2 is 2.10 bits per heavy atom. The lowest BCUT2D eigenvalue weighted by Crippen LogP contribution is -2.35. The molecule has 0 aliphatic rings. The molecule has 5 heteroatoms. The van der Waals surface area contributed by atoms with Gasteiger partial charge in [0, 0.05) is 31.4 Å². The van der Waals surface area contributed by atoms with Crippen LogP contribution in [0, 0.1) is 11.8 Å². The Labute approximate surface area is 122 Å². The number of rotatable bonds is 9. The van der Waals surface area contributed by atoms with Crippen molar-refractivity contribution in [2.75, 3.05) is 6.54 Å². The number of carbonyl (C=O) groups is 1. The Hall–Kier alpha value is -1.36. The molecule has 0 radical (unpaired) electrons. The van der Waals surface area contributed by atoms with Crippen molar-refractivity contribution >= 4 is 5.91 Å². The third kappa shape index (κ3) is 6.19. The SMILES string of the molecule is CC(Cn1ccnc1)NC(=O)CCC(CCN)C(C)C. The van der Waals surface area contributed by atoms with Crippen molar-refractivity contribution in [3.8, 4) is 0 Å². The molecule has 1 heterocycles. The fourth-order valence-electron chi connectivity index (χ4n) is 2.45. The molecule has 20 heavy (non-hydrogen) atoms. The maximum Gasteiger partial charge on any atom is 0.220 e. The van der Waals surface area contributed by atoms with E-state index in [2.05, 4.69) is 24.1 Å². The summed E-state index contributed by atoms with van der Waals surface area (Å²) in [5.41, 5.74) is 5.62. The highest BCUT2D eigenvalue weighted by Crippen LogP contribution is 2.20. The van der Waals surface area contributed by atoms with Crippen LogP contribution in [0.25, 0.3) is 0 Å². The minimum Gasteiger partial charge on any atom is -0.352 e. The van der Waals surface area contributed by atoms with Crippen molar-refractivity contribution in [3.05, 3.63) is 18.7 Å². The molecular weight excluding hydrogens is 252 g/mol. The maximum absolute atomic E-state index is 11.9. The molecule has 5 nitrogen and oxygen atoms in total. The monoisotopic (exact) mass is 280 g/mol. The zero-order valence-corrected chi connectivity index (χ0v) is 12.9. The minimum atomic E-state index is 0.115. The summed E-state index contributed by atoms with van der Waals surface area (Å²) >= 11 is 0. The van der Waals surface area contributed by atoms with Crippen molar-refractivity contribution in [3.63, 3.8) is 0 Å². The largest absolute Gasteiger partial charge is 0.352 e. The van der Waals surface area contributed by atoms with Crippen LogP contribution in [-0.2, 0) is 11.3 Å². The van der Waals surface area contributed by atoms with Gasteiger partial charge in [0.05, 0.1) is 6.33 Å². The lowest BCUT2D eigenvalue weighted by molar-refractivity contribution is -0.122. The van der Waals surface area contributed by atoms with E-state index in [-0.39, 0.29) is 11.9 Å². The van der Waals surface area contributed by atoms with Gasteiger partial charge in [0.1, 0.15) is 0 Å². The summed E-state index contributed by atoms with van der Waals surface area (Å²) in [5, 5.41) is 3.04. The Bertz CT molecular complexity index is 375. The molecular formula is C15H28N4O. The lowest BCUT2D eigenvalue weighted by atomic mass is 9.88. The van der Waals surface area contributed by atoms with Gasteiger partial charge in [-0.25, -0.2) is 4.98 Å². The summed E-state index contributed by atoms with van der Waals surface area (Å²) in [6.45, 7) is 7.85. The van der Waals surface area contributed by atoms with Crippen LogP contribution >= 0.6 is 0 Å². The predicted molar refractivity (Wildman–Crippen MR) is 81.1 cm³/mol. The standard InChI is InChI=1S/C15H28N4O/c1-12(2)14(6-7-16)4-5-15(20)18-13(3)10-19-9-8-17-11-19/h8-9,11-14H,4-7,10,16H2,1-3H3,(H,18,20). The molecule has 3 N–H and O–H groups in total. The van der Waals surface area contributed by atoms with E-state index in [1.165, 1.54) is 0 Å². The number of nitrogens with zero attached hydrogens (tertiary/aromatic N) is 2. The highest BCUT2D eigenvalue weighted by molar-refractivity contribution is 5.76. The molecule has 1 aromatic heterocycles. The second kappa shape index (κ2) is 8.74. The van der Waals surface area contributed by atoms with Gasteiger partial charge in [-0.2, -0.15) is 0 Å². The third-order valence-electron chi connectivity index (χ3n) is 3.67. The molecule has 0 aromatic carbocycles. The quantitative estimate of drug-likeness (QED) is 0.724. The smallest absolute Gasteiger partial charge is 0.220 e. The molecule has 1 rings (SSSR count). The first-order chi connectivity index (χ1) is 9.52. The highest BCUT2D eigenvalue weighted by Gasteiger charge is 2.15. The maximum atomic E-state index is 11.9. The second-order valence-electron chi connectivity index (χ2n) is 5.85. The van der Waals surface area contributed by atoms with Crippen molar-refractivity contribution in [1.82, 2.24) is 14.9 Å². The molecule has 1 amide bonds. The van der Waals surface area contributed by atoms with Crippen LogP contribution in [0.5, 0.6) is 0 Å². The first-order valence-electron chi connectivity index (χ1n) is 7.48. The van der Waals surface area contributed by atoms with Gasteiger partial charge in [-0.15, -0.1) is 0 Å². The number of imidazole rings is 1. The molecule has 0 saturated carbocycles.